The van der Waals surface area contributed by atoms with Crippen LogP contribution in [0.1, 0.15) is 104 Å². The van der Waals surface area contributed by atoms with E-state index in [1.54, 1.807) is 11.1 Å². The Hall–Kier alpha value is -4.88. The average molecular weight is 712 g/mol. The van der Waals surface area contributed by atoms with Crippen LogP contribution in [0, 0.1) is 29.6 Å². The fourth-order valence-corrected chi connectivity index (χ4v) is 14.6. The number of rotatable bonds is 5. The van der Waals surface area contributed by atoms with Crippen molar-refractivity contribution in [2.24, 2.45) is 29.6 Å². The number of nitrogens with zero attached hydrogens (tertiary/aromatic N) is 1. The molecule has 8 aliphatic rings. The molecule has 0 N–H and O–H groups in total. The van der Waals surface area contributed by atoms with Gasteiger partial charge in [0.2, 0.25) is 0 Å². The Morgan fingerprint density at radius 2 is 0.927 bits per heavy atom. The first-order valence-corrected chi connectivity index (χ1v) is 21.6. The summed E-state index contributed by atoms with van der Waals surface area (Å²) >= 11 is 0. The van der Waals surface area contributed by atoms with E-state index in [1.165, 1.54) is 126 Å². The molecule has 270 valence electrons. The Morgan fingerprint density at radius 1 is 0.418 bits per heavy atom. The molecule has 0 radical (unpaired) electrons. The van der Waals surface area contributed by atoms with E-state index in [-0.39, 0.29) is 5.41 Å². The molecule has 6 bridgehead atoms. The maximum absolute atomic E-state index is 2.57. The Kier molecular flexibility index (Phi) is 6.47. The fraction of sp³-hybridized carbons (Fsp3) is 0.333. The van der Waals surface area contributed by atoms with Crippen LogP contribution in [-0.2, 0) is 10.8 Å². The summed E-state index contributed by atoms with van der Waals surface area (Å²) in [6.07, 6.45) is 14.4. The molecule has 3 unspecified atom stereocenters. The smallest absolute Gasteiger partial charge is 0.0726 e. The lowest BCUT2D eigenvalue weighted by Gasteiger charge is -2.57. The van der Waals surface area contributed by atoms with E-state index < -0.39 is 0 Å². The Morgan fingerprint density at radius 3 is 1.45 bits per heavy atom. The van der Waals surface area contributed by atoms with Crippen LogP contribution in [0.3, 0.4) is 0 Å². The molecule has 1 spiro atoms. The predicted octanol–water partition coefficient (Wildman–Crippen LogP) is 13.9. The van der Waals surface area contributed by atoms with Crippen molar-refractivity contribution < 1.29 is 0 Å². The number of anilines is 3. The third kappa shape index (κ3) is 4.31. The molecule has 0 amide bonds. The van der Waals surface area contributed by atoms with Crippen LogP contribution in [0.4, 0.5) is 17.1 Å². The third-order valence-corrected chi connectivity index (χ3v) is 16.3. The second kappa shape index (κ2) is 11.3. The van der Waals surface area contributed by atoms with Crippen LogP contribution >= 0.6 is 0 Å². The summed E-state index contributed by atoms with van der Waals surface area (Å²) in [4.78, 5) is 2.57. The highest BCUT2D eigenvalue weighted by Crippen LogP contribution is 2.64. The van der Waals surface area contributed by atoms with Gasteiger partial charge in [-0.2, -0.15) is 0 Å². The van der Waals surface area contributed by atoms with Gasteiger partial charge >= 0.3 is 0 Å². The molecule has 6 fully saturated rings. The van der Waals surface area contributed by atoms with Gasteiger partial charge in [-0.05, 0) is 191 Å². The molecule has 1 heteroatoms. The maximum atomic E-state index is 2.57. The normalized spacial score (nSPS) is 29.3. The summed E-state index contributed by atoms with van der Waals surface area (Å²) < 4.78 is 0. The van der Waals surface area contributed by atoms with Gasteiger partial charge in [0, 0.05) is 17.1 Å². The highest BCUT2D eigenvalue weighted by Gasteiger charge is 2.53. The standard InChI is InChI=1S/C54H49N/c1-4-10-49-44(7-1)45-8-2-5-11-50(45)54(49)51-12-6-3-9-46(51)47-24-23-43(30-52(47)54)55(41-19-15-38(16-20-41)48-29-34-13-14-39(48)28-34)42-21-17-40(18-22-42)53-31-35-25-36(32-53)27-37(26-35)33-53/h1-12,15-24,30,34-37,39,48H,13-14,25-29,31-33H2. The monoisotopic (exact) mass is 711 g/mol. The molecular weight excluding hydrogens is 663 g/mol. The van der Waals surface area contributed by atoms with Crippen LogP contribution in [0.2, 0.25) is 0 Å². The van der Waals surface area contributed by atoms with Gasteiger partial charge in [-0.3, -0.25) is 0 Å². The van der Waals surface area contributed by atoms with Crippen molar-refractivity contribution in [3.63, 3.8) is 0 Å². The molecule has 0 saturated heterocycles. The van der Waals surface area contributed by atoms with Gasteiger partial charge in [0.1, 0.15) is 0 Å². The minimum absolute atomic E-state index is 0.352. The minimum atomic E-state index is -0.352. The van der Waals surface area contributed by atoms with Gasteiger partial charge in [-0.15, -0.1) is 0 Å². The highest BCUT2D eigenvalue weighted by atomic mass is 15.1. The summed E-state index contributed by atoms with van der Waals surface area (Å²) in [6, 6.07) is 54.8. The number of hydrogen-bond donors (Lipinski definition) is 0. The first-order chi connectivity index (χ1) is 27.1. The van der Waals surface area contributed by atoms with Crippen molar-refractivity contribution >= 4 is 17.1 Å². The Balaban J connectivity index is 0.973. The van der Waals surface area contributed by atoms with Gasteiger partial charge in [-0.25, -0.2) is 0 Å². The largest absolute Gasteiger partial charge is 0.310 e. The van der Waals surface area contributed by atoms with E-state index in [0.29, 0.717) is 5.41 Å². The lowest BCUT2D eigenvalue weighted by Crippen LogP contribution is -2.48. The first kappa shape index (κ1) is 31.3. The number of fused-ring (bicyclic) bond motifs is 12. The van der Waals surface area contributed by atoms with Crippen LogP contribution in [0.5, 0.6) is 0 Å². The molecule has 6 aromatic rings. The summed E-state index contributed by atoms with van der Waals surface area (Å²) in [5.41, 5.74) is 18.0. The summed E-state index contributed by atoms with van der Waals surface area (Å²) in [5, 5.41) is 0. The quantitative estimate of drug-likeness (QED) is 0.172. The van der Waals surface area contributed by atoms with Gasteiger partial charge in [-0.1, -0.05) is 110 Å². The SMILES string of the molecule is c1ccc2c(c1)-c1ccccc1C21c2ccccc2-c2ccc(N(c3ccc(C4CC5CCC4C5)cc3)c3ccc(C45CC6CC(CC(C6)C4)C5)cc3)cc21. The molecule has 8 aliphatic carbocycles. The van der Waals surface area contributed by atoms with Crippen molar-refractivity contribution in [2.75, 3.05) is 4.90 Å². The zero-order valence-corrected chi connectivity index (χ0v) is 31.8. The minimum Gasteiger partial charge on any atom is -0.310 e. The molecule has 0 aromatic heterocycles. The van der Waals surface area contributed by atoms with Gasteiger partial charge < -0.3 is 4.90 Å². The van der Waals surface area contributed by atoms with Crippen LogP contribution in [0.15, 0.2) is 140 Å². The second-order valence-corrected chi connectivity index (χ2v) is 19.1. The molecule has 3 atom stereocenters. The van der Waals surface area contributed by atoms with Crippen LogP contribution in [-0.4, -0.2) is 0 Å². The van der Waals surface area contributed by atoms with E-state index >= 15 is 0 Å². The van der Waals surface area contributed by atoms with E-state index in [0.717, 1.165) is 35.5 Å². The van der Waals surface area contributed by atoms with E-state index in [2.05, 4.69) is 144 Å². The van der Waals surface area contributed by atoms with Crippen molar-refractivity contribution in [3.8, 4) is 22.3 Å². The summed E-state index contributed by atoms with van der Waals surface area (Å²) in [6.45, 7) is 0. The van der Waals surface area contributed by atoms with E-state index in [4.69, 9.17) is 0 Å². The van der Waals surface area contributed by atoms with E-state index in [9.17, 15) is 0 Å². The predicted molar refractivity (Wildman–Crippen MR) is 225 cm³/mol. The lowest BCUT2D eigenvalue weighted by molar-refractivity contribution is -0.00518. The molecule has 6 aromatic carbocycles. The molecule has 14 rings (SSSR count). The van der Waals surface area contributed by atoms with Crippen LogP contribution < -0.4 is 4.90 Å². The van der Waals surface area contributed by atoms with Gasteiger partial charge in [0.25, 0.3) is 0 Å². The molecule has 6 saturated carbocycles. The Labute approximate surface area is 326 Å². The van der Waals surface area contributed by atoms with Crippen molar-refractivity contribution in [2.45, 2.75) is 81.0 Å². The van der Waals surface area contributed by atoms with Gasteiger partial charge in [0.05, 0.1) is 5.41 Å². The zero-order valence-electron chi connectivity index (χ0n) is 31.8. The summed E-state index contributed by atoms with van der Waals surface area (Å²) in [5.74, 6) is 5.42. The topological polar surface area (TPSA) is 3.24 Å². The van der Waals surface area contributed by atoms with Crippen molar-refractivity contribution in [1.29, 1.82) is 0 Å². The third-order valence-electron chi connectivity index (χ3n) is 16.3. The fourth-order valence-electron chi connectivity index (χ4n) is 14.6. The van der Waals surface area contributed by atoms with Gasteiger partial charge in [0.15, 0.2) is 0 Å². The van der Waals surface area contributed by atoms with E-state index in [1.807, 2.05) is 0 Å². The maximum Gasteiger partial charge on any atom is 0.0726 e. The first-order valence-electron chi connectivity index (χ1n) is 21.6. The highest BCUT2D eigenvalue weighted by molar-refractivity contribution is 5.96. The zero-order chi connectivity index (χ0) is 35.9. The number of hydrogen-bond acceptors (Lipinski definition) is 1. The van der Waals surface area contributed by atoms with Crippen LogP contribution in [0.25, 0.3) is 22.3 Å². The molecule has 55 heavy (non-hydrogen) atoms. The summed E-state index contributed by atoms with van der Waals surface area (Å²) in [7, 11) is 0. The molecule has 1 nitrogen and oxygen atoms in total. The Bertz CT molecular complexity index is 2400. The molecular formula is C54H49N. The van der Waals surface area contributed by atoms with Crippen molar-refractivity contribution in [3.05, 3.63) is 173 Å². The lowest BCUT2D eigenvalue weighted by atomic mass is 9.48. The molecule has 0 heterocycles. The van der Waals surface area contributed by atoms with Crippen molar-refractivity contribution in [1.82, 2.24) is 0 Å². The second-order valence-electron chi connectivity index (χ2n) is 19.1. The molecule has 0 aliphatic heterocycles. The number of benzene rings is 6. The average Bonchev–Trinajstić information content (AvgIpc) is 4.00.